The molecule has 90 valence electrons. The van der Waals surface area contributed by atoms with Gasteiger partial charge in [0, 0.05) is 18.1 Å². The van der Waals surface area contributed by atoms with Gasteiger partial charge in [0.15, 0.2) is 0 Å². The number of esters is 1. The van der Waals surface area contributed by atoms with Crippen molar-refractivity contribution in [2.24, 2.45) is 0 Å². The van der Waals surface area contributed by atoms with E-state index >= 15 is 0 Å². The number of para-hydroxylation sites is 1. The lowest BCUT2D eigenvalue weighted by Crippen LogP contribution is -2.10. The molecule has 4 heteroatoms. The van der Waals surface area contributed by atoms with Crippen LogP contribution in [0, 0.1) is 0 Å². The molecule has 0 aliphatic heterocycles. The Balaban J connectivity index is 2.52. The molecule has 0 atom stereocenters. The molecule has 4 nitrogen and oxygen atoms in total. The molecule has 1 aromatic heterocycles. The molecule has 0 radical (unpaired) electrons. The summed E-state index contributed by atoms with van der Waals surface area (Å²) in [5.41, 5.74) is 2.60. The van der Waals surface area contributed by atoms with Crippen molar-refractivity contribution < 1.29 is 9.53 Å². The van der Waals surface area contributed by atoms with Crippen LogP contribution in [0.5, 0.6) is 0 Å². The molecule has 17 heavy (non-hydrogen) atoms. The summed E-state index contributed by atoms with van der Waals surface area (Å²) in [6.45, 7) is 0.838. The van der Waals surface area contributed by atoms with Gasteiger partial charge >= 0.3 is 5.97 Å². The summed E-state index contributed by atoms with van der Waals surface area (Å²) in [6, 6.07) is 5.66. The van der Waals surface area contributed by atoms with Gasteiger partial charge in [-0.15, -0.1) is 0 Å². The number of fused-ring (bicyclic) bond motifs is 1. The number of aromatic nitrogens is 1. The molecule has 1 N–H and O–H groups in total. The molecule has 0 aliphatic carbocycles. The average Bonchev–Trinajstić information content (AvgIpc) is 2.71. The van der Waals surface area contributed by atoms with Gasteiger partial charge in [-0.1, -0.05) is 12.1 Å². The third kappa shape index (κ3) is 2.17. The summed E-state index contributed by atoms with van der Waals surface area (Å²) in [5.74, 6) is -0.311. The van der Waals surface area contributed by atoms with E-state index in [0.29, 0.717) is 5.56 Å². The van der Waals surface area contributed by atoms with Crippen LogP contribution in [0.4, 0.5) is 0 Å². The smallest absolute Gasteiger partial charge is 0.339 e. The number of nitrogens with zero attached hydrogens (tertiary/aromatic N) is 1. The van der Waals surface area contributed by atoms with Crippen molar-refractivity contribution in [3.63, 3.8) is 0 Å². The van der Waals surface area contributed by atoms with E-state index in [9.17, 15) is 4.79 Å². The van der Waals surface area contributed by atoms with Gasteiger partial charge in [0.05, 0.1) is 18.2 Å². The lowest BCUT2D eigenvalue weighted by molar-refractivity contribution is 0.0603. The molecule has 2 aromatic rings. The van der Waals surface area contributed by atoms with Crippen LogP contribution in [0.2, 0.25) is 0 Å². The highest BCUT2D eigenvalue weighted by atomic mass is 16.5. The maximum Gasteiger partial charge on any atom is 0.339 e. The van der Waals surface area contributed by atoms with Gasteiger partial charge in [-0.3, -0.25) is 0 Å². The van der Waals surface area contributed by atoms with Crippen molar-refractivity contribution in [2.45, 2.75) is 6.54 Å². The summed E-state index contributed by atoms with van der Waals surface area (Å²) >= 11 is 0. The van der Waals surface area contributed by atoms with E-state index in [1.807, 2.05) is 32.4 Å². The van der Waals surface area contributed by atoms with E-state index in [-0.39, 0.29) is 5.97 Å². The van der Waals surface area contributed by atoms with Gasteiger partial charge in [0.25, 0.3) is 0 Å². The molecular formula is C13H16N2O2. The fourth-order valence-electron chi connectivity index (χ4n) is 1.96. The van der Waals surface area contributed by atoms with Crippen molar-refractivity contribution in [2.75, 3.05) is 21.2 Å². The number of aromatic amines is 1. The second-order valence-electron chi connectivity index (χ2n) is 4.27. The van der Waals surface area contributed by atoms with E-state index in [2.05, 4.69) is 9.88 Å². The van der Waals surface area contributed by atoms with Crippen LogP contribution < -0.4 is 0 Å². The van der Waals surface area contributed by atoms with E-state index in [1.165, 1.54) is 12.7 Å². The fraction of sp³-hybridized carbons (Fsp3) is 0.308. The average molecular weight is 232 g/mol. The molecule has 0 bridgehead atoms. The van der Waals surface area contributed by atoms with Crippen molar-refractivity contribution in [1.82, 2.24) is 9.88 Å². The number of nitrogens with one attached hydrogen (secondary N) is 1. The van der Waals surface area contributed by atoms with E-state index in [4.69, 9.17) is 4.74 Å². The second-order valence-corrected chi connectivity index (χ2v) is 4.27. The third-order valence-corrected chi connectivity index (χ3v) is 2.69. The van der Waals surface area contributed by atoms with E-state index < -0.39 is 0 Å². The van der Waals surface area contributed by atoms with Gasteiger partial charge in [-0.25, -0.2) is 4.79 Å². The minimum atomic E-state index is -0.311. The summed E-state index contributed by atoms with van der Waals surface area (Å²) in [6.07, 6.45) is 1.94. The second kappa shape index (κ2) is 4.59. The molecule has 0 spiro atoms. The summed E-state index contributed by atoms with van der Waals surface area (Å²) in [7, 11) is 5.43. The Bertz CT molecular complexity index is 543. The van der Waals surface area contributed by atoms with Crippen LogP contribution >= 0.6 is 0 Å². The number of carbonyl (C=O) groups is 1. The van der Waals surface area contributed by atoms with Crippen LogP contribution in [-0.4, -0.2) is 37.1 Å². The molecule has 0 saturated heterocycles. The quantitative estimate of drug-likeness (QED) is 0.823. The van der Waals surface area contributed by atoms with Crippen molar-refractivity contribution >= 4 is 16.9 Å². The Kier molecular flexibility index (Phi) is 3.15. The number of methoxy groups -OCH3 is 1. The van der Waals surface area contributed by atoms with Gasteiger partial charge in [-0.2, -0.15) is 0 Å². The van der Waals surface area contributed by atoms with Crippen LogP contribution in [0.25, 0.3) is 10.9 Å². The maximum atomic E-state index is 11.6. The summed E-state index contributed by atoms with van der Waals surface area (Å²) in [5, 5.41) is 1.07. The number of rotatable bonds is 3. The molecule has 0 fully saturated rings. The van der Waals surface area contributed by atoms with Crippen LogP contribution in [0.15, 0.2) is 24.4 Å². The minimum absolute atomic E-state index is 0.311. The van der Waals surface area contributed by atoms with Crippen LogP contribution in [0.3, 0.4) is 0 Å². The number of hydrogen-bond acceptors (Lipinski definition) is 3. The zero-order valence-corrected chi connectivity index (χ0v) is 10.3. The molecule has 0 amide bonds. The predicted molar refractivity (Wildman–Crippen MR) is 67.0 cm³/mol. The first-order valence-corrected chi connectivity index (χ1v) is 5.45. The van der Waals surface area contributed by atoms with Gasteiger partial charge in [0.2, 0.25) is 0 Å². The summed E-state index contributed by atoms with van der Waals surface area (Å²) in [4.78, 5) is 16.8. The zero-order valence-electron chi connectivity index (χ0n) is 10.3. The molecular weight excluding hydrogens is 216 g/mol. The number of ether oxygens (including phenoxy) is 1. The molecule has 0 unspecified atom stereocenters. The molecule has 1 heterocycles. The minimum Gasteiger partial charge on any atom is -0.465 e. The Morgan fingerprint density at radius 1 is 1.41 bits per heavy atom. The van der Waals surface area contributed by atoms with Crippen molar-refractivity contribution in [3.8, 4) is 0 Å². The van der Waals surface area contributed by atoms with Gasteiger partial charge in [-0.05, 0) is 25.7 Å². The number of hydrogen-bond donors (Lipinski definition) is 1. The molecule has 2 rings (SSSR count). The normalized spacial score (nSPS) is 11.1. The largest absolute Gasteiger partial charge is 0.465 e. The van der Waals surface area contributed by atoms with Crippen LogP contribution in [-0.2, 0) is 11.3 Å². The van der Waals surface area contributed by atoms with Crippen molar-refractivity contribution in [1.29, 1.82) is 0 Å². The SMILES string of the molecule is COC(=O)c1cccc2c(CN(C)C)c[nH]c12. The Morgan fingerprint density at radius 3 is 2.82 bits per heavy atom. The molecule has 1 aromatic carbocycles. The number of H-pyrrole nitrogens is 1. The van der Waals surface area contributed by atoms with Crippen LogP contribution in [0.1, 0.15) is 15.9 Å². The first-order chi connectivity index (χ1) is 8.13. The summed E-state index contributed by atoms with van der Waals surface area (Å²) < 4.78 is 4.77. The fourth-order valence-corrected chi connectivity index (χ4v) is 1.96. The molecule has 0 aliphatic rings. The number of carbonyl (C=O) groups excluding carboxylic acids is 1. The lowest BCUT2D eigenvalue weighted by atomic mass is 10.1. The van der Waals surface area contributed by atoms with Gasteiger partial charge < -0.3 is 14.6 Å². The highest BCUT2D eigenvalue weighted by Crippen LogP contribution is 2.23. The van der Waals surface area contributed by atoms with Crippen molar-refractivity contribution in [3.05, 3.63) is 35.5 Å². The monoisotopic (exact) mass is 232 g/mol. The predicted octanol–water partition coefficient (Wildman–Crippen LogP) is 2.02. The topological polar surface area (TPSA) is 45.3 Å². The van der Waals surface area contributed by atoms with E-state index in [1.54, 1.807) is 6.07 Å². The third-order valence-electron chi connectivity index (χ3n) is 2.69. The highest BCUT2D eigenvalue weighted by molar-refractivity contribution is 6.03. The standard InChI is InChI=1S/C13H16N2O2/c1-15(2)8-9-7-14-12-10(9)5-4-6-11(12)13(16)17-3/h4-7,14H,8H2,1-3H3. The zero-order chi connectivity index (χ0) is 12.4. The Hall–Kier alpha value is -1.81. The first kappa shape index (κ1) is 11.7. The molecule has 0 saturated carbocycles. The first-order valence-electron chi connectivity index (χ1n) is 5.45. The van der Waals surface area contributed by atoms with Gasteiger partial charge in [0.1, 0.15) is 0 Å². The lowest BCUT2D eigenvalue weighted by Gasteiger charge is -2.08. The Labute approximate surface area is 100 Å². The number of benzene rings is 1. The Morgan fingerprint density at radius 2 is 2.18 bits per heavy atom. The maximum absolute atomic E-state index is 11.6. The van der Waals surface area contributed by atoms with E-state index in [0.717, 1.165) is 17.4 Å². The highest BCUT2D eigenvalue weighted by Gasteiger charge is 2.13.